The molecule has 1 aromatic carbocycles. The van der Waals surface area contributed by atoms with Gasteiger partial charge >= 0.3 is 0 Å². The lowest BCUT2D eigenvalue weighted by molar-refractivity contribution is 0.288. The second kappa shape index (κ2) is 8.34. The Kier molecular flexibility index (Phi) is 6.90. The van der Waals surface area contributed by atoms with E-state index in [1.807, 2.05) is 36.0 Å². The van der Waals surface area contributed by atoms with Crippen molar-refractivity contribution in [2.45, 2.75) is 19.8 Å². The van der Waals surface area contributed by atoms with E-state index in [-0.39, 0.29) is 0 Å². The van der Waals surface area contributed by atoms with Crippen molar-refractivity contribution in [2.24, 2.45) is 0 Å². The SMILES string of the molecule is CCSCCCCOc1ccccc1OC. The molecule has 0 fully saturated rings. The minimum atomic E-state index is 0.768. The van der Waals surface area contributed by atoms with Crippen LogP contribution in [0.4, 0.5) is 0 Å². The molecule has 0 N–H and O–H groups in total. The fraction of sp³-hybridized carbons (Fsp3) is 0.538. The molecule has 0 aliphatic heterocycles. The van der Waals surface area contributed by atoms with Crippen LogP contribution in [0.15, 0.2) is 24.3 Å². The van der Waals surface area contributed by atoms with Crippen LogP contribution < -0.4 is 9.47 Å². The van der Waals surface area contributed by atoms with Gasteiger partial charge < -0.3 is 9.47 Å². The van der Waals surface area contributed by atoms with Crippen LogP contribution in [0, 0.1) is 0 Å². The molecule has 2 nitrogen and oxygen atoms in total. The standard InChI is InChI=1S/C13H20O2S/c1-3-16-11-7-6-10-15-13-9-5-4-8-12(13)14-2/h4-5,8-9H,3,6-7,10-11H2,1-2H3. The lowest BCUT2D eigenvalue weighted by Gasteiger charge is -2.09. The van der Waals surface area contributed by atoms with E-state index in [4.69, 9.17) is 9.47 Å². The number of ether oxygens (including phenoxy) is 2. The summed E-state index contributed by atoms with van der Waals surface area (Å²) >= 11 is 1.98. The third-order valence-electron chi connectivity index (χ3n) is 2.21. The van der Waals surface area contributed by atoms with Crippen LogP contribution in [0.1, 0.15) is 19.8 Å². The van der Waals surface area contributed by atoms with Crippen LogP contribution in [0.25, 0.3) is 0 Å². The maximum atomic E-state index is 5.67. The first-order chi connectivity index (χ1) is 7.88. The molecule has 1 aromatic rings. The van der Waals surface area contributed by atoms with Gasteiger partial charge in [0.15, 0.2) is 11.5 Å². The molecule has 0 saturated heterocycles. The second-order valence-corrected chi connectivity index (χ2v) is 4.80. The monoisotopic (exact) mass is 240 g/mol. The van der Waals surface area contributed by atoms with Gasteiger partial charge in [0.05, 0.1) is 13.7 Å². The van der Waals surface area contributed by atoms with Gasteiger partial charge in [-0.2, -0.15) is 11.8 Å². The molecule has 16 heavy (non-hydrogen) atoms. The molecule has 0 amide bonds. The smallest absolute Gasteiger partial charge is 0.161 e. The summed E-state index contributed by atoms with van der Waals surface area (Å²) in [7, 11) is 1.67. The Balaban J connectivity index is 2.21. The molecule has 3 heteroatoms. The summed E-state index contributed by atoms with van der Waals surface area (Å²) in [4.78, 5) is 0. The molecule has 0 bridgehead atoms. The molecule has 90 valence electrons. The predicted molar refractivity (Wildman–Crippen MR) is 70.7 cm³/mol. The minimum absolute atomic E-state index is 0.768. The van der Waals surface area contributed by atoms with Crippen LogP contribution in [0.2, 0.25) is 0 Å². The predicted octanol–water partition coefficient (Wildman–Crippen LogP) is 3.61. The van der Waals surface area contributed by atoms with Gasteiger partial charge in [0.1, 0.15) is 0 Å². The highest BCUT2D eigenvalue weighted by Gasteiger charge is 2.01. The average Bonchev–Trinajstić information content (AvgIpc) is 2.34. The molecule has 0 heterocycles. The highest BCUT2D eigenvalue weighted by Crippen LogP contribution is 2.25. The van der Waals surface area contributed by atoms with Crippen molar-refractivity contribution in [1.29, 1.82) is 0 Å². The van der Waals surface area contributed by atoms with Gasteiger partial charge in [0, 0.05) is 0 Å². The molecule has 0 atom stereocenters. The van der Waals surface area contributed by atoms with Crippen molar-refractivity contribution in [3.05, 3.63) is 24.3 Å². The van der Waals surface area contributed by atoms with Crippen molar-refractivity contribution in [2.75, 3.05) is 25.2 Å². The Bertz CT molecular complexity index is 289. The molecular weight excluding hydrogens is 220 g/mol. The van der Waals surface area contributed by atoms with Gasteiger partial charge in [-0.05, 0) is 36.5 Å². The molecular formula is C13H20O2S. The fourth-order valence-electron chi connectivity index (χ4n) is 1.37. The second-order valence-electron chi connectivity index (χ2n) is 3.40. The molecule has 0 unspecified atom stereocenters. The molecule has 0 spiro atoms. The normalized spacial score (nSPS) is 10.1. The van der Waals surface area contributed by atoms with E-state index in [0.29, 0.717) is 0 Å². The van der Waals surface area contributed by atoms with Crippen molar-refractivity contribution in [3.63, 3.8) is 0 Å². The number of unbranched alkanes of at least 4 members (excludes halogenated alkanes) is 1. The lowest BCUT2D eigenvalue weighted by atomic mass is 10.3. The zero-order valence-electron chi connectivity index (χ0n) is 10.1. The number of hydrogen-bond acceptors (Lipinski definition) is 3. The van der Waals surface area contributed by atoms with Gasteiger partial charge in [-0.3, -0.25) is 0 Å². The summed E-state index contributed by atoms with van der Waals surface area (Å²) in [6, 6.07) is 7.77. The number of methoxy groups -OCH3 is 1. The first-order valence-corrected chi connectivity index (χ1v) is 6.87. The van der Waals surface area contributed by atoms with Crippen molar-refractivity contribution < 1.29 is 9.47 Å². The van der Waals surface area contributed by atoms with Crippen LogP contribution in [-0.2, 0) is 0 Å². The third-order valence-corrected chi connectivity index (χ3v) is 3.20. The Hall–Kier alpha value is -0.830. The van der Waals surface area contributed by atoms with E-state index in [9.17, 15) is 0 Å². The Morgan fingerprint density at radius 1 is 1.12 bits per heavy atom. The molecule has 0 radical (unpaired) electrons. The Morgan fingerprint density at radius 2 is 1.88 bits per heavy atom. The first kappa shape index (κ1) is 13.2. The van der Waals surface area contributed by atoms with E-state index in [1.165, 1.54) is 17.9 Å². The molecule has 1 rings (SSSR count). The van der Waals surface area contributed by atoms with Crippen LogP contribution >= 0.6 is 11.8 Å². The Morgan fingerprint density at radius 3 is 2.56 bits per heavy atom. The topological polar surface area (TPSA) is 18.5 Å². The van der Waals surface area contributed by atoms with E-state index < -0.39 is 0 Å². The molecule has 0 aromatic heterocycles. The summed E-state index contributed by atoms with van der Waals surface area (Å²) in [6.07, 6.45) is 2.32. The molecule has 0 aliphatic carbocycles. The number of rotatable bonds is 8. The Labute approximate surface area is 102 Å². The van der Waals surface area contributed by atoms with Crippen LogP contribution in [-0.4, -0.2) is 25.2 Å². The number of thioether (sulfide) groups is 1. The van der Waals surface area contributed by atoms with Crippen molar-refractivity contribution in [3.8, 4) is 11.5 Å². The quantitative estimate of drug-likeness (QED) is 0.647. The van der Waals surface area contributed by atoms with Gasteiger partial charge in [-0.15, -0.1) is 0 Å². The van der Waals surface area contributed by atoms with E-state index in [2.05, 4.69) is 6.92 Å². The van der Waals surface area contributed by atoms with Crippen molar-refractivity contribution in [1.82, 2.24) is 0 Å². The maximum absolute atomic E-state index is 5.67. The zero-order chi connectivity index (χ0) is 11.6. The first-order valence-electron chi connectivity index (χ1n) is 5.72. The minimum Gasteiger partial charge on any atom is -0.493 e. The summed E-state index contributed by atoms with van der Waals surface area (Å²) < 4.78 is 10.9. The average molecular weight is 240 g/mol. The largest absolute Gasteiger partial charge is 0.493 e. The summed E-state index contributed by atoms with van der Waals surface area (Å²) in [5.74, 6) is 4.08. The molecule has 0 aliphatic rings. The van der Waals surface area contributed by atoms with E-state index >= 15 is 0 Å². The van der Waals surface area contributed by atoms with Crippen LogP contribution in [0.5, 0.6) is 11.5 Å². The number of para-hydroxylation sites is 2. The van der Waals surface area contributed by atoms with Crippen molar-refractivity contribution >= 4 is 11.8 Å². The third kappa shape index (κ3) is 4.79. The molecule has 0 saturated carbocycles. The maximum Gasteiger partial charge on any atom is 0.161 e. The van der Waals surface area contributed by atoms with Crippen LogP contribution in [0.3, 0.4) is 0 Å². The van der Waals surface area contributed by atoms with Gasteiger partial charge in [-0.25, -0.2) is 0 Å². The van der Waals surface area contributed by atoms with Gasteiger partial charge in [0.2, 0.25) is 0 Å². The van der Waals surface area contributed by atoms with E-state index in [1.54, 1.807) is 7.11 Å². The summed E-state index contributed by atoms with van der Waals surface area (Å²) in [5, 5.41) is 0. The lowest BCUT2D eigenvalue weighted by Crippen LogP contribution is -1.99. The summed E-state index contributed by atoms with van der Waals surface area (Å²) in [5.41, 5.74) is 0. The highest BCUT2D eigenvalue weighted by molar-refractivity contribution is 7.99. The highest BCUT2D eigenvalue weighted by atomic mass is 32.2. The van der Waals surface area contributed by atoms with Gasteiger partial charge in [-0.1, -0.05) is 19.1 Å². The fourth-order valence-corrected chi connectivity index (χ4v) is 2.07. The van der Waals surface area contributed by atoms with E-state index in [0.717, 1.165) is 24.5 Å². The van der Waals surface area contributed by atoms with Gasteiger partial charge in [0.25, 0.3) is 0 Å². The number of hydrogen-bond donors (Lipinski definition) is 0. The summed E-state index contributed by atoms with van der Waals surface area (Å²) in [6.45, 7) is 2.96. The number of benzene rings is 1. The zero-order valence-corrected chi connectivity index (χ0v) is 10.9.